The third-order valence-corrected chi connectivity index (χ3v) is 4.89. The van der Waals surface area contributed by atoms with Crippen molar-refractivity contribution in [3.8, 4) is 0 Å². The molecule has 0 saturated carbocycles. The summed E-state index contributed by atoms with van der Waals surface area (Å²) in [6.45, 7) is 14.1. The molecule has 0 aromatic heterocycles. The van der Waals surface area contributed by atoms with Crippen LogP contribution in [0.3, 0.4) is 0 Å². The molecule has 0 aromatic rings. The van der Waals surface area contributed by atoms with Crippen molar-refractivity contribution in [3.05, 3.63) is 0 Å². The molecule has 0 spiro atoms. The largest absolute Gasteiger partial charge is 0.467 e. The van der Waals surface area contributed by atoms with Crippen LogP contribution in [-0.4, -0.2) is 54.7 Å². The Morgan fingerprint density at radius 1 is 0.800 bits per heavy atom. The standard InChI is InChI=1S/C21H39N3O6/c1-10-12(3)15(18(26)24-16(13(4)11-2)19(27)29-9)23-17(25)14(5)22-20(28)30-21(6,7)8/h12-16H,10-11H2,1-9H3,(H,22,28)(H,23,25)(H,24,26)/t12-,13-,14-,15+,16-/m0/s1. The highest BCUT2D eigenvalue weighted by molar-refractivity contribution is 5.93. The molecule has 30 heavy (non-hydrogen) atoms. The minimum Gasteiger partial charge on any atom is -0.467 e. The van der Waals surface area contributed by atoms with E-state index in [1.54, 1.807) is 20.8 Å². The van der Waals surface area contributed by atoms with Crippen molar-refractivity contribution in [1.82, 2.24) is 16.0 Å². The van der Waals surface area contributed by atoms with Gasteiger partial charge in [0.1, 0.15) is 23.7 Å². The van der Waals surface area contributed by atoms with Crippen LogP contribution in [-0.2, 0) is 23.9 Å². The van der Waals surface area contributed by atoms with Crippen molar-refractivity contribution >= 4 is 23.9 Å². The van der Waals surface area contributed by atoms with Crippen LogP contribution in [0.25, 0.3) is 0 Å². The summed E-state index contributed by atoms with van der Waals surface area (Å²) in [6, 6.07) is -2.60. The van der Waals surface area contributed by atoms with Gasteiger partial charge in [-0.1, -0.05) is 40.5 Å². The molecule has 0 radical (unpaired) electrons. The normalized spacial score (nSPS) is 16.3. The molecule has 174 valence electrons. The predicted octanol–water partition coefficient (Wildman–Crippen LogP) is 2.13. The van der Waals surface area contributed by atoms with Crippen LogP contribution in [0.15, 0.2) is 0 Å². The zero-order valence-corrected chi connectivity index (χ0v) is 19.8. The Labute approximate surface area is 180 Å². The number of rotatable bonds is 10. The van der Waals surface area contributed by atoms with Crippen molar-refractivity contribution in [1.29, 1.82) is 0 Å². The molecule has 0 heterocycles. The first-order chi connectivity index (χ1) is 13.8. The third-order valence-electron chi connectivity index (χ3n) is 4.89. The number of esters is 1. The summed E-state index contributed by atoms with van der Waals surface area (Å²) in [5.41, 5.74) is -0.696. The molecule has 9 nitrogen and oxygen atoms in total. The van der Waals surface area contributed by atoms with Crippen LogP contribution < -0.4 is 16.0 Å². The lowest BCUT2D eigenvalue weighted by molar-refractivity contribution is -0.147. The summed E-state index contributed by atoms with van der Waals surface area (Å²) in [5, 5.41) is 7.84. The van der Waals surface area contributed by atoms with Gasteiger partial charge in [-0.3, -0.25) is 9.59 Å². The van der Waals surface area contributed by atoms with Crippen LogP contribution in [0.1, 0.15) is 68.2 Å². The maximum absolute atomic E-state index is 12.9. The fourth-order valence-corrected chi connectivity index (χ4v) is 2.57. The summed E-state index contributed by atoms with van der Waals surface area (Å²) in [6.07, 6.45) is 0.563. The highest BCUT2D eigenvalue weighted by atomic mass is 16.6. The number of nitrogens with one attached hydrogen (secondary N) is 3. The van der Waals surface area contributed by atoms with Gasteiger partial charge in [-0.05, 0) is 39.5 Å². The van der Waals surface area contributed by atoms with E-state index in [2.05, 4.69) is 16.0 Å². The minimum atomic E-state index is -0.912. The van der Waals surface area contributed by atoms with E-state index in [1.807, 2.05) is 27.7 Å². The number of alkyl carbamates (subject to hydrolysis) is 1. The van der Waals surface area contributed by atoms with Gasteiger partial charge in [0.05, 0.1) is 7.11 Å². The SMILES string of the molecule is CC[C@H](C)[C@H](NC(=O)[C@H](NC(=O)[C@H](C)NC(=O)OC(C)(C)C)[C@@H](C)CC)C(=O)OC. The molecule has 0 aliphatic rings. The fraction of sp³-hybridized carbons (Fsp3) is 0.810. The molecule has 0 aliphatic carbocycles. The quantitative estimate of drug-likeness (QED) is 0.457. The van der Waals surface area contributed by atoms with E-state index in [9.17, 15) is 19.2 Å². The van der Waals surface area contributed by atoms with Gasteiger partial charge in [0.15, 0.2) is 0 Å². The number of ether oxygens (including phenoxy) is 2. The van der Waals surface area contributed by atoms with Crippen molar-refractivity contribution in [2.24, 2.45) is 11.8 Å². The molecular weight excluding hydrogens is 390 g/mol. The molecule has 0 aromatic carbocycles. The van der Waals surface area contributed by atoms with Crippen LogP contribution in [0, 0.1) is 11.8 Å². The number of carbonyl (C=O) groups excluding carboxylic acids is 4. The molecule has 9 heteroatoms. The Hall–Kier alpha value is -2.32. The van der Waals surface area contributed by atoms with E-state index in [4.69, 9.17) is 9.47 Å². The Balaban J connectivity index is 5.27. The topological polar surface area (TPSA) is 123 Å². The molecule has 5 atom stereocenters. The number of carbonyl (C=O) groups is 4. The van der Waals surface area contributed by atoms with E-state index in [0.29, 0.717) is 12.8 Å². The maximum atomic E-state index is 12.9. The highest BCUT2D eigenvalue weighted by Crippen LogP contribution is 2.13. The van der Waals surface area contributed by atoms with Gasteiger partial charge < -0.3 is 25.4 Å². The van der Waals surface area contributed by atoms with Crippen LogP contribution >= 0.6 is 0 Å². The monoisotopic (exact) mass is 429 g/mol. The fourth-order valence-electron chi connectivity index (χ4n) is 2.57. The molecule has 0 bridgehead atoms. The molecule has 3 N–H and O–H groups in total. The number of hydrogen-bond donors (Lipinski definition) is 3. The van der Waals surface area contributed by atoms with Gasteiger partial charge in [-0.25, -0.2) is 9.59 Å². The average molecular weight is 430 g/mol. The van der Waals surface area contributed by atoms with Gasteiger partial charge in [-0.2, -0.15) is 0 Å². The smallest absolute Gasteiger partial charge is 0.408 e. The van der Waals surface area contributed by atoms with E-state index >= 15 is 0 Å². The summed E-state index contributed by atoms with van der Waals surface area (Å²) >= 11 is 0. The maximum Gasteiger partial charge on any atom is 0.408 e. The van der Waals surface area contributed by atoms with Gasteiger partial charge in [-0.15, -0.1) is 0 Å². The number of hydrogen-bond acceptors (Lipinski definition) is 6. The van der Waals surface area contributed by atoms with E-state index in [-0.39, 0.29) is 11.8 Å². The first-order valence-electron chi connectivity index (χ1n) is 10.4. The Morgan fingerprint density at radius 3 is 1.70 bits per heavy atom. The van der Waals surface area contributed by atoms with Gasteiger partial charge in [0.25, 0.3) is 0 Å². The van der Waals surface area contributed by atoms with E-state index in [1.165, 1.54) is 14.0 Å². The number of methoxy groups -OCH3 is 1. The average Bonchev–Trinajstić information content (AvgIpc) is 2.66. The molecular formula is C21H39N3O6. The summed E-state index contributed by atoms with van der Waals surface area (Å²) in [5.74, 6) is -1.87. The van der Waals surface area contributed by atoms with E-state index < -0.39 is 47.6 Å². The summed E-state index contributed by atoms with van der Waals surface area (Å²) in [4.78, 5) is 49.5. The Morgan fingerprint density at radius 2 is 1.27 bits per heavy atom. The zero-order chi connectivity index (χ0) is 23.6. The van der Waals surface area contributed by atoms with Gasteiger partial charge in [0.2, 0.25) is 11.8 Å². The van der Waals surface area contributed by atoms with E-state index in [0.717, 1.165) is 0 Å². The van der Waals surface area contributed by atoms with Crippen molar-refractivity contribution in [2.75, 3.05) is 7.11 Å². The lowest BCUT2D eigenvalue weighted by atomic mass is 9.95. The number of amides is 3. The highest BCUT2D eigenvalue weighted by Gasteiger charge is 2.33. The lowest BCUT2D eigenvalue weighted by Gasteiger charge is -2.29. The second kappa shape index (κ2) is 12.4. The molecule has 0 rings (SSSR count). The van der Waals surface area contributed by atoms with Gasteiger partial charge in [0, 0.05) is 0 Å². The molecule has 0 unspecified atom stereocenters. The second-order valence-electron chi connectivity index (χ2n) is 8.63. The minimum absolute atomic E-state index is 0.137. The molecule has 0 saturated heterocycles. The Bertz CT molecular complexity index is 602. The first-order valence-corrected chi connectivity index (χ1v) is 10.4. The van der Waals surface area contributed by atoms with Crippen molar-refractivity contribution < 1.29 is 28.7 Å². The zero-order valence-electron chi connectivity index (χ0n) is 19.8. The van der Waals surface area contributed by atoms with Crippen molar-refractivity contribution in [3.63, 3.8) is 0 Å². The van der Waals surface area contributed by atoms with Crippen LogP contribution in [0.4, 0.5) is 4.79 Å². The second-order valence-corrected chi connectivity index (χ2v) is 8.63. The Kier molecular flexibility index (Phi) is 11.4. The predicted molar refractivity (Wildman–Crippen MR) is 114 cm³/mol. The van der Waals surface area contributed by atoms with Gasteiger partial charge >= 0.3 is 12.1 Å². The van der Waals surface area contributed by atoms with Crippen LogP contribution in [0.5, 0.6) is 0 Å². The molecule has 3 amide bonds. The van der Waals surface area contributed by atoms with Crippen LogP contribution in [0.2, 0.25) is 0 Å². The summed E-state index contributed by atoms with van der Waals surface area (Å²) < 4.78 is 9.95. The van der Waals surface area contributed by atoms with Crippen molar-refractivity contribution in [2.45, 2.75) is 92.0 Å². The molecule has 0 aliphatic heterocycles. The molecule has 0 fully saturated rings. The summed E-state index contributed by atoms with van der Waals surface area (Å²) in [7, 11) is 1.27. The lowest BCUT2D eigenvalue weighted by Crippen LogP contribution is -2.58. The first kappa shape index (κ1) is 27.7. The third kappa shape index (κ3) is 9.45.